The standard InChI is InChI=1S/C18H18ClN3O6/c1-26-12-5-3-10(4-6-12)17(24)21-22-18(25)11-7-13(19)16(14(8-11)27-2)28-9-15(20)23/h3-8H,9H2,1-2H3,(H2,20,23)(H,21,24)(H,22,25). The van der Waals surface area contributed by atoms with Crippen LogP contribution in [0.4, 0.5) is 0 Å². The van der Waals surface area contributed by atoms with E-state index in [1.54, 1.807) is 24.3 Å². The molecule has 3 amide bonds. The van der Waals surface area contributed by atoms with Crippen molar-refractivity contribution in [3.8, 4) is 17.2 Å². The van der Waals surface area contributed by atoms with E-state index in [0.717, 1.165) is 0 Å². The molecule has 0 heterocycles. The molecule has 0 fully saturated rings. The van der Waals surface area contributed by atoms with Crippen molar-refractivity contribution in [1.29, 1.82) is 0 Å². The number of nitrogens with one attached hydrogen (secondary N) is 2. The predicted octanol–water partition coefficient (Wildman–Crippen LogP) is 1.30. The lowest BCUT2D eigenvalue weighted by molar-refractivity contribution is -0.119. The van der Waals surface area contributed by atoms with Crippen LogP contribution in [0.3, 0.4) is 0 Å². The van der Waals surface area contributed by atoms with Gasteiger partial charge >= 0.3 is 0 Å². The number of carbonyl (C=O) groups excluding carboxylic acids is 3. The highest BCUT2D eigenvalue weighted by atomic mass is 35.5. The number of nitrogens with two attached hydrogens (primary N) is 1. The van der Waals surface area contributed by atoms with E-state index in [1.165, 1.54) is 26.4 Å². The Bertz CT molecular complexity index is 886. The van der Waals surface area contributed by atoms with E-state index >= 15 is 0 Å². The van der Waals surface area contributed by atoms with Gasteiger partial charge in [-0.1, -0.05) is 11.6 Å². The first-order valence-electron chi connectivity index (χ1n) is 7.89. The van der Waals surface area contributed by atoms with Crippen molar-refractivity contribution in [3.05, 3.63) is 52.5 Å². The van der Waals surface area contributed by atoms with Crippen LogP contribution >= 0.6 is 11.6 Å². The summed E-state index contributed by atoms with van der Waals surface area (Å²) >= 11 is 6.09. The Morgan fingerprint density at radius 1 is 0.964 bits per heavy atom. The van der Waals surface area contributed by atoms with Crippen molar-refractivity contribution in [2.24, 2.45) is 5.73 Å². The van der Waals surface area contributed by atoms with Gasteiger partial charge in [0.05, 0.1) is 19.2 Å². The van der Waals surface area contributed by atoms with E-state index in [0.29, 0.717) is 11.3 Å². The maximum absolute atomic E-state index is 12.3. The number of hydrazine groups is 1. The highest BCUT2D eigenvalue weighted by molar-refractivity contribution is 6.32. The first-order chi connectivity index (χ1) is 13.3. The maximum Gasteiger partial charge on any atom is 0.269 e. The molecule has 0 aliphatic rings. The summed E-state index contributed by atoms with van der Waals surface area (Å²) in [5.41, 5.74) is 10.0. The third kappa shape index (κ3) is 5.27. The molecule has 0 spiro atoms. The largest absolute Gasteiger partial charge is 0.497 e. The average molecular weight is 408 g/mol. The number of methoxy groups -OCH3 is 2. The van der Waals surface area contributed by atoms with Crippen LogP contribution < -0.4 is 30.8 Å². The third-order valence-electron chi connectivity index (χ3n) is 3.49. The molecule has 0 aliphatic heterocycles. The Labute approximate surface area is 165 Å². The molecule has 0 saturated carbocycles. The molecule has 2 rings (SSSR count). The minimum Gasteiger partial charge on any atom is -0.497 e. The van der Waals surface area contributed by atoms with Crippen LogP contribution in [0.25, 0.3) is 0 Å². The number of benzene rings is 2. The minimum absolute atomic E-state index is 0.0345. The molecule has 0 saturated heterocycles. The van der Waals surface area contributed by atoms with Gasteiger partial charge in [0, 0.05) is 11.1 Å². The summed E-state index contributed by atoms with van der Waals surface area (Å²) in [6.45, 7) is -0.403. The van der Waals surface area contributed by atoms with Crippen molar-refractivity contribution in [2.45, 2.75) is 0 Å². The second-order valence-electron chi connectivity index (χ2n) is 5.38. The van der Waals surface area contributed by atoms with Gasteiger partial charge in [0.2, 0.25) is 0 Å². The molecule has 0 radical (unpaired) electrons. The van der Waals surface area contributed by atoms with Gasteiger partial charge in [-0.05, 0) is 36.4 Å². The van der Waals surface area contributed by atoms with Crippen molar-refractivity contribution in [2.75, 3.05) is 20.8 Å². The molecular weight excluding hydrogens is 390 g/mol. The number of amides is 3. The first kappa shape index (κ1) is 20.8. The van der Waals surface area contributed by atoms with E-state index < -0.39 is 24.3 Å². The molecule has 0 bridgehead atoms. The molecule has 0 aliphatic carbocycles. The van der Waals surface area contributed by atoms with E-state index in [2.05, 4.69) is 10.9 Å². The summed E-state index contributed by atoms with van der Waals surface area (Å²) in [4.78, 5) is 35.3. The van der Waals surface area contributed by atoms with E-state index in [1.807, 2.05) is 0 Å². The lowest BCUT2D eigenvalue weighted by Gasteiger charge is -2.13. The molecule has 2 aromatic carbocycles. The van der Waals surface area contributed by atoms with Gasteiger partial charge < -0.3 is 19.9 Å². The van der Waals surface area contributed by atoms with Crippen LogP contribution in [-0.2, 0) is 4.79 Å². The second-order valence-corrected chi connectivity index (χ2v) is 5.79. The van der Waals surface area contributed by atoms with Gasteiger partial charge in [0.25, 0.3) is 17.7 Å². The van der Waals surface area contributed by atoms with Crippen molar-refractivity contribution in [1.82, 2.24) is 10.9 Å². The fourth-order valence-electron chi connectivity index (χ4n) is 2.13. The Morgan fingerprint density at radius 2 is 1.57 bits per heavy atom. The predicted molar refractivity (Wildman–Crippen MR) is 101 cm³/mol. The fraction of sp³-hybridized carbons (Fsp3) is 0.167. The lowest BCUT2D eigenvalue weighted by atomic mass is 10.2. The Hall–Kier alpha value is -3.46. The molecule has 148 valence electrons. The number of carbonyl (C=O) groups is 3. The van der Waals surface area contributed by atoms with Gasteiger partial charge in [-0.15, -0.1) is 0 Å². The molecule has 4 N–H and O–H groups in total. The van der Waals surface area contributed by atoms with E-state index in [-0.39, 0.29) is 22.1 Å². The summed E-state index contributed by atoms with van der Waals surface area (Å²) in [7, 11) is 2.86. The topological polar surface area (TPSA) is 129 Å². The number of halogens is 1. The monoisotopic (exact) mass is 407 g/mol. The van der Waals surface area contributed by atoms with Crippen molar-refractivity contribution >= 4 is 29.3 Å². The Balaban J connectivity index is 2.07. The van der Waals surface area contributed by atoms with Gasteiger partial charge in [0.1, 0.15) is 5.75 Å². The summed E-state index contributed by atoms with van der Waals surface area (Å²) in [5, 5.41) is 0.0345. The van der Waals surface area contributed by atoms with Crippen LogP contribution in [0.5, 0.6) is 17.2 Å². The van der Waals surface area contributed by atoms with Gasteiger partial charge in [-0.3, -0.25) is 25.2 Å². The fourth-order valence-corrected chi connectivity index (χ4v) is 2.40. The zero-order chi connectivity index (χ0) is 20.7. The summed E-state index contributed by atoms with van der Waals surface area (Å²) in [6, 6.07) is 8.97. The number of hydrogen-bond acceptors (Lipinski definition) is 6. The molecule has 0 unspecified atom stereocenters. The number of hydrogen-bond donors (Lipinski definition) is 3. The number of ether oxygens (including phenoxy) is 3. The quantitative estimate of drug-likeness (QED) is 0.593. The van der Waals surface area contributed by atoms with Crippen LogP contribution in [0.2, 0.25) is 5.02 Å². The lowest BCUT2D eigenvalue weighted by Crippen LogP contribution is -2.41. The molecule has 10 heteroatoms. The molecule has 9 nitrogen and oxygen atoms in total. The van der Waals surface area contributed by atoms with Crippen LogP contribution in [0, 0.1) is 0 Å². The van der Waals surface area contributed by atoms with Crippen LogP contribution in [0.1, 0.15) is 20.7 Å². The highest BCUT2D eigenvalue weighted by Crippen LogP contribution is 2.36. The first-order valence-corrected chi connectivity index (χ1v) is 8.27. The van der Waals surface area contributed by atoms with Crippen molar-refractivity contribution < 1.29 is 28.6 Å². The van der Waals surface area contributed by atoms with Gasteiger partial charge in [-0.25, -0.2) is 0 Å². The highest BCUT2D eigenvalue weighted by Gasteiger charge is 2.17. The smallest absolute Gasteiger partial charge is 0.269 e. The summed E-state index contributed by atoms with van der Waals surface area (Å²) < 4.78 is 15.3. The molecule has 2 aromatic rings. The van der Waals surface area contributed by atoms with E-state index in [4.69, 9.17) is 31.5 Å². The average Bonchev–Trinajstić information content (AvgIpc) is 2.70. The molecular formula is C18H18ClN3O6. The zero-order valence-corrected chi connectivity index (χ0v) is 15.8. The molecule has 0 atom stereocenters. The zero-order valence-electron chi connectivity index (χ0n) is 15.1. The summed E-state index contributed by atoms with van der Waals surface area (Å²) in [5.74, 6) is -1.05. The normalized spacial score (nSPS) is 9.96. The molecule has 28 heavy (non-hydrogen) atoms. The van der Waals surface area contributed by atoms with Crippen LogP contribution in [0.15, 0.2) is 36.4 Å². The SMILES string of the molecule is COc1ccc(C(=O)NNC(=O)c2cc(Cl)c(OCC(N)=O)c(OC)c2)cc1. The minimum atomic E-state index is -0.693. The van der Waals surface area contributed by atoms with E-state index in [9.17, 15) is 14.4 Å². The summed E-state index contributed by atoms with van der Waals surface area (Å²) in [6.07, 6.45) is 0. The van der Waals surface area contributed by atoms with Gasteiger partial charge in [-0.2, -0.15) is 0 Å². The Morgan fingerprint density at radius 3 is 2.11 bits per heavy atom. The number of rotatable bonds is 7. The Kier molecular flexibility index (Phi) is 7.05. The third-order valence-corrected chi connectivity index (χ3v) is 3.77. The maximum atomic E-state index is 12.3. The molecule has 0 aromatic heterocycles. The van der Waals surface area contributed by atoms with Gasteiger partial charge in [0.15, 0.2) is 18.1 Å². The number of primary amides is 1. The second kappa shape index (κ2) is 9.47. The van der Waals surface area contributed by atoms with Crippen molar-refractivity contribution in [3.63, 3.8) is 0 Å². The van der Waals surface area contributed by atoms with Crippen LogP contribution in [-0.4, -0.2) is 38.5 Å².